The van der Waals surface area contributed by atoms with Crippen LogP contribution in [-0.2, 0) is 4.74 Å². The van der Waals surface area contributed by atoms with Crippen LogP contribution in [0.5, 0.6) is 0 Å². The average Bonchev–Trinajstić information content (AvgIpc) is 2.59. The quantitative estimate of drug-likeness (QED) is 0.606. The number of hydrogen-bond donors (Lipinski definition) is 0. The highest BCUT2D eigenvalue weighted by Crippen LogP contribution is 2.35. The number of nitrogens with zero attached hydrogens (tertiary/aromatic N) is 1. The summed E-state index contributed by atoms with van der Waals surface area (Å²) in [5.74, 6) is 0.600. The first-order chi connectivity index (χ1) is 9.63. The number of benzene rings is 1. The van der Waals surface area contributed by atoms with Crippen LogP contribution in [0.25, 0.3) is 6.08 Å². The molecule has 4 heteroatoms. The predicted molar refractivity (Wildman–Crippen MR) is 82.6 cm³/mol. The molecule has 3 nitrogen and oxygen atoms in total. The van der Waals surface area contributed by atoms with Gasteiger partial charge in [-0.25, -0.2) is 0 Å². The van der Waals surface area contributed by atoms with Crippen molar-refractivity contribution in [3.63, 3.8) is 0 Å². The van der Waals surface area contributed by atoms with Gasteiger partial charge >= 0.3 is 5.37 Å². The fraction of sp³-hybridized carbons (Fsp3) is 0.0625. The van der Waals surface area contributed by atoms with Crippen LogP contribution in [0.3, 0.4) is 0 Å². The van der Waals surface area contributed by atoms with Gasteiger partial charge in [-0.1, -0.05) is 37.4 Å². The first-order valence-corrected chi connectivity index (χ1v) is 6.35. The van der Waals surface area contributed by atoms with Crippen LogP contribution < -0.4 is 4.90 Å². The van der Waals surface area contributed by atoms with Gasteiger partial charge in [-0.2, -0.15) is 0 Å². The Morgan fingerprint density at radius 1 is 1.30 bits per heavy atom. The summed E-state index contributed by atoms with van der Waals surface area (Å²) in [5, 5.41) is -0.613. The SMILES string of the molecule is C=CC1=C(C=C)N(C(=O)Cl)c2ccccc2C=C1OC. The van der Waals surface area contributed by atoms with Crippen molar-refractivity contribution in [2.24, 2.45) is 0 Å². The molecule has 0 saturated carbocycles. The van der Waals surface area contributed by atoms with Crippen LogP contribution in [0, 0.1) is 0 Å². The molecule has 0 bridgehead atoms. The Kier molecular flexibility index (Phi) is 4.11. The lowest BCUT2D eigenvalue weighted by atomic mass is 10.1. The Balaban J connectivity index is 2.83. The maximum absolute atomic E-state index is 11.9. The van der Waals surface area contributed by atoms with E-state index in [2.05, 4.69) is 13.2 Å². The Hall–Kier alpha value is -2.26. The predicted octanol–water partition coefficient (Wildman–Crippen LogP) is 4.48. The van der Waals surface area contributed by atoms with Crippen LogP contribution in [0.1, 0.15) is 5.56 Å². The second kappa shape index (κ2) is 5.80. The van der Waals surface area contributed by atoms with E-state index in [0.29, 0.717) is 22.7 Å². The van der Waals surface area contributed by atoms with E-state index >= 15 is 0 Å². The first-order valence-electron chi connectivity index (χ1n) is 5.97. The standard InChI is InChI=1S/C16H14ClNO2/c1-4-12-13(5-2)18(16(17)19)14-9-7-6-8-11(14)10-15(12)20-3/h4-10H,1-2H2,3H3. The molecule has 1 amide bonds. The summed E-state index contributed by atoms with van der Waals surface area (Å²) in [5.41, 5.74) is 2.70. The molecule has 1 aromatic carbocycles. The number of ether oxygens (including phenoxy) is 1. The van der Waals surface area contributed by atoms with E-state index in [1.54, 1.807) is 19.3 Å². The Labute approximate surface area is 123 Å². The van der Waals surface area contributed by atoms with Crippen molar-refractivity contribution in [3.8, 4) is 0 Å². The molecular weight excluding hydrogens is 274 g/mol. The van der Waals surface area contributed by atoms with E-state index in [9.17, 15) is 4.79 Å². The summed E-state index contributed by atoms with van der Waals surface area (Å²) in [7, 11) is 1.57. The maximum atomic E-state index is 11.9. The third-order valence-corrected chi connectivity index (χ3v) is 3.21. The van der Waals surface area contributed by atoms with Gasteiger partial charge in [0.2, 0.25) is 0 Å². The lowest BCUT2D eigenvalue weighted by molar-refractivity contribution is 0.265. The summed E-state index contributed by atoms with van der Waals surface area (Å²) in [6.45, 7) is 7.53. The third-order valence-electron chi connectivity index (χ3n) is 3.04. The third kappa shape index (κ3) is 2.28. The Morgan fingerprint density at radius 3 is 2.55 bits per heavy atom. The van der Waals surface area contributed by atoms with Gasteiger partial charge in [0.15, 0.2) is 0 Å². The molecule has 1 aliphatic rings. The molecule has 1 aromatic rings. The van der Waals surface area contributed by atoms with Crippen LogP contribution in [0.2, 0.25) is 0 Å². The van der Waals surface area contributed by atoms with Crippen molar-refractivity contribution < 1.29 is 9.53 Å². The van der Waals surface area contributed by atoms with Crippen LogP contribution in [0.15, 0.2) is 66.6 Å². The second-order valence-electron chi connectivity index (χ2n) is 4.07. The van der Waals surface area contributed by atoms with Gasteiger partial charge in [0.05, 0.1) is 18.5 Å². The van der Waals surface area contributed by atoms with Gasteiger partial charge in [-0.05, 0) is 29.8 Å². The van der Waals surface area contributed by atoms with E-state index < -0.39 is 5.37 Å². The summed E-state index contributed by atoms with van der Waals surface area (Å²) >= 11 is 5.75. The second-order valence-corrected chi connectivity index (χ2v) is 4.39. The molecule has 0 aromatic heterocycles. The van der Waals surface area contributed by atoms with Crippen LogP contribution >= 0.6 is 11.6 Å². The van der Waals surface area contributed by atoms with Crippen molar-refractivity contribution in [3.05, 3.63) is 72.2 Å². The number of carbonyl (C=O) groups is 1. The Bertz CT molecular complexity index is 644. The molecule has 0 atom stereocenters. The molecule has 1 heterocycles. The lowest BCUT2D eigenvalue weighted by Gasteiger charge is -2.22. The number of carbonyl (C=O) groups excluding carboxylic acids is 1. The highest BCUT2D eigenvalue weighted by Gasteiger charge is 2.25. The summed E-state index contributed by atoms with van der Waals surface area (Å²) < 4.78 is 5.39. The summed E-state index contributed by atoms with van der Waals surface area (Å²) in [6, 6.07) is 7.42. The van der Waals surface area contributed by atoms with Crippen LogP contribution in [-0.4, -0.2) is 12.5 Å². The van der Waals surface area contributed by atoms with E-state index in [0.717, 1.165) is 5.56 Å². The molecule has 0 spiro atoms. The summed E-state index contributed by atoms with van der Waals surface area (Å²) in [6.07, 6.45) is 5.02. The molecule has 0 fully saturated rings. The average molecular weight is 288 g/mol. The molecule has 102 valence electrons. The van der Waals surface area contributed by atoms with Crippen LogP contribution in [0.4, 0.5) is 10.5 Å². The number of anilines is 1. The molecule has 20 heavy (non-hydrogen) atoms. The van der Waals surface area contributed by atoms with E-state index in [1.807, 2.05) is 30.3 Å². The molecule has 1 aliphatic heterocycles. The highest BCUT2D eigenvalue weighted by atomic mass is 35.5. The fourth-order valence-corrected chi connectivity index (χ4v) is 2.36. The normalized spacial score (nSPS) is 14.1. The van der Waals surface area contributed by atoms with Crippen molar-refractivity contribution in [1.82, 2.24) is 0 Å². The highest BCUT2D eigenvalue weighted by molar-refractivity contribution is 6.66. The zero-order valence-corrected chi connectivity index (χ0v) is 11.9. The minimum atomic E-state index is -0.613. The molecule has 0 N–H and O–H groups in total. The molecule has 0 aliphatic carbocycles. The molecule has 0 radical (unpaired) electrons. The number of hydrogen-bond acceptors (Lipinski definition) is 2. The Morgan fingerprint density at radius 2 is 2.00 bits per heavy atom. The zero-order valence-electron chi connectivity index (χ0n) is 11.1. The van der Waals surface area contributed by atoms with E-state index in [1.165, 1.54) is 4.90 Å². The van der Waals surface area contributed by atoms with Gasteiger partial charge in [0.25, 0.3) is 0 Å². The van der Waals surface area contributed by atoms with E-state index in [-0.39, 0.29) is 0 Å². The molecule has 2 rings (SSSR count). The maximum Gasteiger partial charge on any atom is 0.325 e. The number of allylic oxidation sites excluding steroid dienone is 2. The van der Waals surface area contributed by atoms with Crippen molar-refractivity contribution >= 4 is 28.7 Å². The number of rotatable bonds is 3. The minimum Gasteiger partial charge on any atom is -0.496 e. The van der Waals surface area contributed by atoms with Gasteiger partial charge in [-0.3, -0.25) is 9.69 Å². The number of methoxy groups -OCH3 is 1. The van der Waals surface area contributed by atoms with Gasteiger partial charge in [-0.15, -0.1) is 0 Å². The number of amides is 1. The molecule has 0 unspecified atom stereocenters. The summed E-state index contributed by atoms with van der Waals surface area (Å²) in [4.78, 5) is 13.2. The topological polar surface area (TPSA) is 29.5 Å². The zero-order chi connectivity index (χ0) is 14.7. The van der Waals surface area contributed by atoms with Gasteiger partial charge in [0.1, 0.15) is 5.76 Å². The van der Waals surface area contributed by atoms with Gasteiger partial charge in [0, 0.05) is 11.1 Å². The lowest BCUT2D eigenvalue weighted by Crippen LogP contribution is -2.25. The van der Waals surface area contributed by atoms with Gasteiger partial charge < -0.3 is 4.74 Å². The fourth-order valence-electron chi connectivity index (χ4n) is 2.17. The molecule has 0 saturated heterocycles. The number of fused-ring (bicyclic) bond motifs is 1. The largest absolute Gasteiger partial charge is 0.496 e. The smallest absolute Gasteiger partial charge is 0.325 e. The van der Waals surface area contributed by atoms with E-state index in [4.69, 9.17) is 16.3 Å². The molecular formula is C16H14ClNO2. The van der Waals surface area contributed by atoms with Crippen molar-refractivity contribution in [2.45, 2.75) is 0 Å². The minimum absolute atomic E-state index is 0.540. The van der Waals surface area contributed by atoms with Crippen molar-refractivity contribution in [1.29, 1.82) is 0 Å². The number of halogens is 1. The first kappa shape index (κ1) is 14.2. The monoisotopic (exact) mass is 287 g/mol. The number of para-hydroxylation sites is 1. The van der Waals surface area contributed by atoms with Crippen molar-refractivity contribution in [2.75, 3.05) is 12.0 Å².